The fraction of sp³-hybridized carbons (Fsp3) is 0.273. The van der Waals surface area contributed by atoms with E-state index < -0.39 is 0 Å². The Morgan fingerprint density at radius 3 is 2.30 bits per heavy atom. The van der Waals surface area contributed by atoms with Gasteiger partial charge in [-0.1, -0.05) is 41.9 Å². The van der Waals surface area contributed by atoms with Crippen molar-refractivity contribution < 1.29 is 0 Å². The molecule has 0 spiro atoms. The molecule has 0 unspecified atom stereocenters. The number of fused-ring (bicyclic) bond motifs is 1. The molecular formula is C22H21ClN4. The summed E-state index contributed by atoms with van der Waals surface area (Å²) in [6, 6.07) is 20.3. The highest BCUT2D eigenvalue weighted by Crippen LogP contribution is 2.22. The molecule has 0 aliphatic carbocycles. The van der Waals surface area contributed by atoms with Gasteiger partial charge in [0.25, 0.3) is 0 Å². The molecule has 4 nitrogen and oxygen atoms in total. The topological polar surface area (TPSA) is 43.2 Å². The Kier molecular flexibility index (Phi) is 5.35. The lowest BCUT2D eigenvalue weighted by molar-refractivity contribution is 0.122. The molecule has 1 aliphatic rings. The molecule has 0 amide bonds. The Bertz CT molecular complexity index is 970. The van der Waals surface area contributed by atoms with Gasteiger partial charge in [-0.2, -0.15) is 5.26 Å². The molecule has 0 bridgehead atoms. The Hall–Kier alpha value is -2.45. The van der Waals surface area contributed by atoms with Gasteiger partial charge in [-0.05, 0) is 29.8 Å². The fourth-order valence-electron chi connectivity index (χ4n) is 3.54. The Morgan fingerprint density at radius 2 is 1.59 bits per heavy atom. The maximum absolute atomic E-state index is 8.90. The molecule has 3 aromatic rings. The average Bonchev–Trinajstić information content (AvgIpc) is 2.70. The summed E-state index contributed by atoms with van der Waals surface area (Å²) < 4.78 is 0. The first-order valence-corrected chi connectivity index (χ1v) is 9.57. The van der Waals surface area contributed by atoms with Gasteiger partial charge in [-0.15, -0.1) is 0 Å². The maximum Gasteiger partial charge on any atom is 0.134 e. The number of rotatable bonds is 4. The van der Waals surface area contributed by atoms with E-state index in [2.05, 4.69) is 33.0 Å². The van der Waals surface area contributed by atoms with Gasteiger partial charge in [-0.25, -0.2) is 4.98 Å². The lowest BCUT2D eigenvalue weighted by Gasteiger charge is -2.34. The summed E-state index contributed by atoms with van der Waals surface area (Å²) >= 11 is 6.41. The van der Waals surface area contributed by atoms with Gasteiger partial charge in [0, 0.05) is 50.2 Å². The number of pyridine rings is 1. The lowest BCUT2D eigenvalue weighted by Crippen LogP contribution is -2.45. The number of aromatic nitrogens is 1. The smallest absolute Gasteiger partial charge is 0.134 e. The Morgan fingerprint density at radius 1 is 0.926 bits per heavy atom. The normalized spacial score (nSPS) is 15.7. The zero-order chi connectivity index (χ0) is 18.6. The summed E-state index contributed by atoms with van der Waals surface area (Å²) in [5, 5.41) is 10.6. The van der Waals surface area contributed by atoms with Crippen molar-refractivity contribution in [1.29, 1.82) is 5.26 Å². The molecule has 0 atom stereocenters. The van der Waals surface area contributed by atoms with E-state index in [9.17, 15) is 0 Å². The number of piperazine rings is 1. The van der Waals surface area contributed by atoms with Gasteiger partial charge < -0.3 is 0 Å². The van der Waals surface area contributed by atoms with Crippen LogP contribution in [0.4, 0.5) is 0 Å². The van der Waals surface area contributed by atoms with E-state index in [0.717, 1.165) is 55.7 Å². The van der Waals surface area contributed by atoms with Crippen LogP contribution in [0.1, 0.15) is 16.7 Å². The number of nitrogens with zero attached hydrogens (tertiary/aromatic N) is 4. The number of nitriles is 1. The fourth-order valence-corrected chi connectivity index (χ4v) is 3.74. The van der Waals surface area contributed by atoms with Crippen molar-refractivity contribution in [3.8, 4) is 6.07 Å². The molecule has 27 heavy (non-hydrogen) atoms. The Labute approximate surface area is 164 Å². The molecule has 0 saturated carbocycles. The minimum atomic E-state index is 0.605. The van der Waals surface area contributed by atoms with Crippen molar-refractivity contribution in [2.24, 2.45) is 0 Å². The van der Waals surface area contributed by atoms with Crippen LogP contribution in [0, 0.1) is 11.3 Å². The molecular weight excluding hydrogens is 356 g/mol. The maximum atomic E-state index is 8.90. The monoisotopic (exact) mass is 376 g/mol. The van der Waals surface area contributed by atoms with Crippen LogP contribution in [0.5, 0.6) is 0 Å². The number of hydrogen-bond acceptors (Lipinski definition) is 4. The van der Waals surface area contributed by atoms with E-state index >= 15 is 0 Å². The summed E-state index contributed by atoms with van der Waals surface area (Å²) in [6.07, 6.45) is 0. The lowest BCUT2D eigenvalue weighted by atomic mass is 10.1. The van der Waals surface area contributed by atoms with Crippen LogP contribution < -0.4 is 0 Å². The van der Waals surface area contributed by atoms with Crippen LogP contribution in [0.15, 0.2) is 54.6 Å². The third-order valence-corrected chi connectivity index (χ3v) is 5.43. The van der Waals surface area contributed by atoms with Crippen LogP contribution in [0.2, 0.25) is 5.15 Å². The molecule has 1 aromatic heterocycles. The first-order chi connectivity index (χ1) is 13.2. The summed E-state index contributed by atoms with van der Waals surface area (Å²) in [7, 11) is 0. The first kappa shape index (κ1) is 17.9. The van der Waals surface area contributed by atoms with Gasteiger partial charge in [0.1, 0.15) is 5.15 Å². The van der Waals surface area contributed by atoms with Crippen LogP contribution in [-0.2, 0) is 13.1 Å². The van der Waals surface area contributed by atoms with E-state index in [0.29, 0.717) is 10.7 Å². The van der Waals surface area contributed by atoms with Crippen molar-refractivity contribution in [2.75, 3.05) is 26.2 Å². The number of para-hydroxylation sites is 1. The molecule has 1 fully saturated rings. The van der Waals surface area contributed by atoms with Gasteiger partial charge in [0.2, 0.25) is 0 Å². The highest BCUT2D eigenvalue weighted by atomic mass is 35.5. The second kappa shape index (κ2) is 8.06. The number of benzene rings is 2. The molecule has 1 aliphatic heterocycles. The predicted octanol–water partition coefficient (Wildman–Crippen LogP) is 4.08. The standard InChI is InChI=1S/C22H21ClN4/c23-22-20(13-19-3-1-2-4-21(19)25-22)16-27-11-9-26(10-12-27)15-18-7-5-17(14-24)6-8-18/h1-8,13H,9-12,15-16H2. The molecule has 4 rings (SSSR count). The molecule has 0 N–H and O–H groups in total. The SMILES string of the molecule is N#Cc1ccc(CN2CCN(Cc3cc4ccccc4nc3Cl)CC2)cc1. The summed E-state index contributed by atoms with van der Waals surface area (Å²) in [5.41, 5.74) is 4.00. The second-order valence-electron chi connectivity index (χ2n) is 6.99. The summed E-state index contributed by atoms with van der Waals surface area (Å²) in [4.78, 5) is 9.43. The Balaban J connectivity index is 1.35. The van der Waals surface area contributed by atoms with Gasteiger partial charge >= 0.3 is 0 Å². The van der Waals surface area contributed by atoms with Crippen molar-refractivity contribution in [3.05, 3.63) is 76.4 Å². The molecule has 2 heterocycles. The van der Waals surface area contributed by atoms with Crippen molar-refractivity contribution in [1.82, 2.24) is 14.8 Å². The average molecular weight is 377 g/mol. The van der Waals surface area contributed by atoms with Crippen LogP contribution >= 0.6 is 11.6 Å². The van der Waals surface area contributed by atoms with Gasteiger partial charge in [-0.3, -0.25) is 9.80 Å². The van der Waals surface area contributed by atoms with E-state index in [1.807, 2.05) is 42.5 Å². The van der Waals surface area contributed by atoms with Crippen molar-refractivity contribution >= 4 is 22.5 Å². The summed E-state index contributed by atoms with van der Waals surface area (Å²) in [5.74, 6) is 0. The zero-order valence-electron chi connectivity index (χ0n) is 15.1. The van der Waals surface area contributed by atoms with Crippen molar-refractivity contribution in [2.45, 2.75) is 13.1 Å². The number of halogens is 1. The zero-order valence-corrected chi connectivity index (χ0v) is 15.9. The molecule has 0 radical (unpaired) electrons. The first-order valence-electron chi connectivity index (χ1n) is 9.19. The van der Waals surface area contributed by atoms with E-state index in [1.54, 1.807) is 0 Å². The quantitative estimate of drug-likeness (QED) is 0.643. The predicted molar refractivity (Wildman–Crippen MR) is 108 cm³/mol. The molecule has 136 valence electrons. The van der Waals surface area contributed by atoms with Gasteiger partial charge in [0.05, 0.1) is 17.1 Å². The second-order valence-corrected chi connectivity index (χ2v) is 7.35. The van der Waals surface area contributed by atoms with E-state index in [-0.39, 0.29) is 0 Å². The third-order valence-electron chi connectivity index (χ3n) is 5.10. The molecule has 2 aromatic carbocycles. The largest absolute Gasteiger partial charge is 0.297 e. The van der Waals surface area contributed by atoms with Crippen LogP contribution in [0.3, 0.4) is 0 Å². The molecule has 1 saturated heterocycles. The van der Waals surface area contributed by atoms with Crippen LogP contribution in [0.25, 0.3) is 10.9 Å². The van der Waals surface area contributed by atoms with E-state index in [4.69, 9.17) is 16.9 Å². The summed E-state index contributed by atoms with van der Waals surface area (Å²) in [6.45, 7) is 5.84. The highest BCUT2D eigenvalue weighted by Gasteiger charge is 2.18. The highest BCUT2D eigenvalue weighted by molar-refractivity contribution is 6.30. The third kappa shape index (κ3) is 4.28. The van der Waals surface area contributed by atoms with Gasteiger partial charge in [0.15, 0.2) is 0 Å². The van der Waals surface area contributed by atoms with Crippen LogP contribution in [-0.4, -0.2) is 41.0 Å². The number of hydrogen-bond donors (Lipinski definition) is 0. The van der Waals surface area contributed by atoms with E-state index in [1.165, 1.54) is 5.56 Å². The molecule has 5 heteroatoms. The minimum absolute atomic E-state index is 0.605. The minimum Gasteiger partial charge on any atom is -0.297 e. The van der Waals surface area contributed by atoms with Crippen molar-refractivity contribution in [3.63, 3.8) is 0 Å².